The van der Waals surface area contributed by atoms with Gasteiger partial charge in [0.1, 0.15) is 0 Å². The molecule has 0 saturated carbocycles. The number of allylic oxidation sites excluding steroid dienone is 1. The Morgan fingerprint density at radius 1 is 1.25 bits per heavy atom. The van der Waals surface area contributed by atoms with Crippen LogP contribution in [-0.2, 0) is 0 Å². The summed E-state index contributed by atoms with van der Waals surface area (Å²) in [6.45, 7) is 0. The highest BCUT2D eigenvalue weighted by Crippen LogP contribution is 2.31. The fraction of sp³-hybridized carbons (Fsp3) is 0.286. The van der Waals surface area contributed by atoms with Gasteiger partial charge in [0.2, 0.25) is 0 Å². The van der Waals surface area contributed by atoms with Gasteiger partial charge in [0, 0.05) is 23.1 Å². The molecule has 0 amide bonds. The summed E-state index contributed by atoms with van der Waals surface area (Å²) in [6, 6.07) is 8.95. The number of H-pyrrole nitrogens is 1. The molecule has 0 saturated heterocycles. The Morgan fingerprint density at radius 3 is 3.00 bits per heavy atom. The molecule has 2 aromatic rings. The zero-order chi connectivity index (χ0) is 11.0. The lowest BCUT2D eigenvalue weighted by Crippen LogP contribution is -2.21. The van der Waals surface area contributed by atoms with Crippen molar-refractivity contribution in [3.8, 4) is 0 Å². The van der Waals surface area contributed by atoms with E-state index in [4.69, 9.17) is 5.73 Å². The molecule has 2 heteroatoms. The van der Waals surface area contributed by atoms with Crippen LogP contribution < -0.4 is 5.73 Å². The Balaban J connectivity index is 2.09. The van der Waals surface area contributed by atoms with Crippen molar-refractivity contribution in [3.63, 3.8) is 0 Å². The summed E-state index contributed by atoms with van der Waals surface area (Å²) in [5, 5.41) is 1.32. The van der Waals surface area contributed by atoms with Crippen molar-refractivity contribution < 1.29 is 0 Å². The minimum atomic E-state index is 0.356. The summed E-state index contributed by atoms with van der Waals surface area (Å²) in [5.74, 6) is 0. The molecule has 82 valence electrons. The maximum Gasteiger partial charge on any atom is 0.0460 e. The van der Waals surface area contributed by atoms with E-state index in [0.29, 0.717) is 6.04 Å². The lowest BCUT2D eigenvalue weighted by atomic mass is 9.90. The Bertz CT molecular complexity index is 536. The maximum absolute atomic E-state index is 5.92. The van der Waals surface area contributed by atoms with Gasteiger partial charge in [-0.05, 0) is 42.5 Å². The third kappa shape index (κ3) is 1.55. The minimum Gasteiger partial charge on any atom is -0.361 e. The fourth-order valence-electron chi connectivity index (χ4n) is 2.46. The van der Waals surface area contributed by atoms with Gasteiger partial charge in [-0.25, -0.2) is 0 Å². The second-order valence-corrected chi connectivity index (χ2v) is 4.51. The number of aromatic nitrogens is 1. The Labute approximate surface area is 95.2 Å². The van der Waals surface area contributed by atoms with E-state index in [0.717, 1.165) is 19.3 Å². The largest absolute Gasteiger partial charge is 0.361 e. The van der Waals surface area contributed by atoms with Gasteiger partial charge >= 0.3 is 0 Å². The summed E-state index contributed by atoms with van der Waals surface area (Å²) >= 11 is 0. The van der Waals surface area contributed by atoms with E-state index < -0.39 is 0 Å². The number of hydrogen-bond donors (Lipinski definition) is 2. The zero-order valence-electron chi connectivity index (χ0n) is 9.24. The second-order valence-electron chi connectivity index (χ2n) is 4.51. The van der Waals surface area contributed by atoms with Gasteiger partial charge in [-0.15, -0.1) is 0 Å². The predicted molar refractivity (Wildman–Crippen MR) is 68.1 cm³/mol. The zero-order valence-corrected chi connectivity index (χ0v) is 9.24. The highest BCUT2D eigenvalue weighted by molar-refractivity contribution is 5.92. The monoisotopic (exact) mass is 212 g/mol. The number of nitrogens with one attached hydrogen (secondary N) is 1. The van der Waals surface area contributed by atoms with Crippen LogP contribution in [-0.4, -0.2) is 11.0 Å². The van der Waals surface area contributed by atoms with Gasteiger partial charge in [0.15, 0.2) is 0 Å². The van der Waals surface area contributed by atoms with Crippen LogP contribution >= 0.6 is 0 Å². The van der Waals surface area contributed by atoms with Crippen molar-refractivity contribution >= 4 is 16.5 Å². The van der Waals surface area contributed by atoms with Crippen LogP contribution in [0, 0.1) is 0 Å². The van der Waals surface area contributed by atoms with E-state index in [1.807, 2.05) is 6.20 Å². The molecule has 1 unspecified atom stereocenters. The molecular formula is C14H16N2. The molecule has 0 spiro atoms. The van der Waals surface area contributed by atoms with E-state index in [-0.39, 0.29) is 0 Å². The first-order chi connectivity index (χ1) is 7.84. The molecule has 0 fully saturated rings. The first kappa shape index (κ1) is 9.67. The standard InChI is InChI=1S/C14H16N2/c15-11-6-4-10(5-7-11)12-2-1-3-14-13(12)8-9-16-14/h1-4,8-9,11,16H,5-7,15H2. The fourth-order valence-corrected chi connectivity index (χ4v) is 2.46. The molecular weight excluding hydrogens is 196 g/mol. The highest BCUT2D eigenvalue weighted by atomic mass is 14.7. The van der Waals surface area contributed by atoms with Crippen LogP contribution in [0.1, 0.15) is 24.8 Å². The quantitative estimate of drug-likeness (QED) is 0.749. The molecule has 0 aliphatic heterocycles. The number of benzene rings is 1. The van der Waals surface area contributed by atoms with E-state index in [2.05, 4.69) is 35.3 Å². The van der Waals surface area contributed by atoms with Gasteiger partial charge in [-0.1, -0.05) is 18.2 Å². The number of hydrogen-bond acceptors (Lipinski definition) is 1. The van der Waals surface area contributed by atoms with E-state index >= 15 is 0 Å². The van der Waals surface area contributed by atoms with Gasteiger partial charge in [0.25, 0.3) is 0 Å². The van der Waals surface area contributed by atoms with Crippen LogP contribution in [0.15, 0.2) is 36.5 Å². The van der Waals surface area contributed by atoms with Gasteiger partial charge in [-0.3, -0.25) is 0 Å². The average molecular weight is 212 g/mol. The summed E-state index contributed by atoms with van der Waals surface area (Å²) < 4.78 is 0. The molecule has 1 heterocycles. The molecule has 2 nitrogen and oxygen atoms in total. The first-order valence-electron chi connectivity index (χ1n) is 5.86. The van der Waals surface area contributed by atoms with Gasteiger partial charge in [-0.2, -0.15) is 0 Å². The maximum atomic E-state index is 5.92. The highest BCUT2D eigenvalue weighted by Gasteiger charge is 2.13. The van der Waals surface area contributed by atoms with Gasteiger partial charge in [0.05, 0.1) is 0 Å². The van der Waals surface area contributed by atoms with E-state index in [9.17, 15) is 0 Å². The van der Waals surface area contributed by atoms with Crippen LogP contribution in [0.3, 0.4) is 0 Å². The summed E-state index contributed by atoms with van der Waals surface area (Å²) in [6.07, 6.45) is 7.52. The molecule has 1 aliphatic carbocycles. The molecule has 0 bridgehead atoms. The van der Waals surface area contributed by atoms with Crippen molar-refractivity contribution in [3.05, 3.63) is 42.1 Å². The molecule has 1 aromatic heterocycles. The third-order valence-corrected chi connectivity index (χ3v) is 3.39. The number of aromatic amines is 1. The molecule has 0 radical (unpaired) electrons. The summed E-state index contributed by atoms with van der Waals surface area (Å²) in [7, 11) is 0. The van der Waals surface area contributed by atoms with Crippen LogP contribution in [0.25, 0.3) is 16.5 Å². The van der Waals surface area contributed by atoms with Crippen molar-refractivity contribution in [2.45, 2.75) is 25.3 Å². The Hall–Kier alpha value is -1.54. The summed E-state index contributed by atoms with van der Waals surface area (Å²) in [5.41, 5.74) is 9.95. The normalized spacial score (nSPS) is 21.1. The molecule has 3 N–H and O–H groups in total. The van der Waals surface area contributed by atoms with E-state index in [1.165, 1.54) is 22.0 Å². The summed E-state index contributed by atoms with van der Waals surface area (Å²) in [4.78, 5) is 3.26. The SMILES string of the molecule is NC1CC=C(c2cccc3[nH]ccc23)CC1. The Morgan fingerprint density at radius 2 is 2.19 bits per heavy atom. The number of nitrogens with two attached hydrogens (primary N) is 1. The lowest BCUT2D eigenvalue weighted by Gasteiger charge is -2.19. The van der Waals surface area contributed by atoms with Crippen molar-refractivity contribution in [2.24, 2.45) is 5.73 Å². The number of fused-ring (bicyclic) bond motifs is 1. The predicted octanol–water partition coefficient (Wildman–Crippen LogP) is 3.06. The van der Waals surface area contributed by atoms with Crippen LogP contribution in [0.5, 0.6) is 0 Å². The molecule has 1 aliphatic rings. The van der Waals surface area contributed by atoms with Gasteiger partial charge < -0.3 is 10.7 Å². The Kier molecular flexibility index (Phi) is 2.29. The van der Waals surface area contributed by atoms with Crippen molar-refractivity contribution in [1.29, 1.82) is 0 Å². The third-order valence-electron chi connectivity index (χ3n) is 3.39. The second kappa shape index (κ2) is 3.80. The minimum absolute atomic E-state index is 0.356. The molecule has 1 atom stereocenters. The average Bonchev–Trinajstić information content (AvgIpc) is 2.78. The molecule has 16 heavy (non-hydrogen) atoms. The van der Waals surface area contributed by atoms with E-state index in [1.54, 1.807) is 0 Å². The van der Waals surface area contributed by atoms with Crippen LogP contribution in [0.2, 0.25) is 0 Å². The first-order valence-corrected chi connectivity index (χ1v) is 5.86. The molecule has 3 rings (SSSR count). The smallest absolute Gasteiger partial charge is 0.0460 e. The van der Waals surface area contributed by atoms with Crippen molar-refractivity contribution in [2.75, 3.05) is 0 Å². The lowest BCUT2D eigenvalue weighted by molar-refractivity contribution is 0.615. The topological polar surface area (TPSA) is 41.8 Å². The number of rotatable bonds is 1. The molecule has 1 aromatic carbocycles. The van der Waals surface area contributed by atoms with Crippen LogP contribution in [0.4, 0.5) is 0 Å². The van der Waals surface area contributed by atoms with Crippen molar-refractivity contribution in [1.82, 2.24) is 4.98 Å².